The van der Waals surface area contributed by atoms with E-state index in [1.54, 1.807) is 24.3 Å². The van der Waals surface area contributed by atoms with Gasteiger partial charge in [-0.2, -0.15) is 5.26 Å². The largest absolute Gasteiger partial charge is 0.372 e. The Bertz CT molecular complexity index is 538. The van der Waals surface area contributed by atoms with Gasteiger partial charge in [-0.3, -0.25) is 9.69 Å². The average Bonchev–Trinajstić information content (AvgIpc) is 2.85. The third kappa shape index (κ3) is 3.60. The summed E-state index contributed by atoms with van der Waals surface area (Å²) in [5.41, 5.74) is 1.33. The van der Waals surface area contributed by atoms with Crippen molar-refractivity contribution in [2.75, 3.05) is 25.0 Å². The Morgan fingerprint density at radius 1 is 1.29 bits per heavy atom. The molecule has 5 nitrogen and oxygen atoms in total. The number of hydrogen-bond donors (Lipinski definition) is 1. The van der Waals surface area contributed by atoms with Crippen molar-refractivity contribution >= 4 is 11.6 Å². The molecule has 1 aromatic rings. The van der Waals surface area contributed by atoms with E-state index in [1.165, 1.54) is 0 Å². The van der Waals surface area contributed by atoms with Crippen LogP contribution in [0.15, 0.2) is 24.3 Å². The van der Waals surface area contributed by atoms with Crippen LogP contribution in [0.5, 0.6) is 0 Å². The van der Waals surface area contributed by atoms with E-state index in [0.717, 1.165) is 38.2 Å². The summed E-state index contributed by atoms with van der Waals surface area (Å²) in [7, 11) is 0. The summed E-state index contributed by atoms with van der Waals surface area (Å²) in [4.78, 5) is 14.3. The van der Waals surface area contributed by atoms with Crippen molar-refractivity contribution in [3.05, 3.63) is 29.8 Å². The van der Waals surface area contributed by atoms with E-state index < -0.39 is 0 Å². The summed E-state index contributed by atoms with van der Waals surface area (Å²) in [6.07, 6.45) is 3.52. The molecule has 2 heterocycles. The van der Waals surface area contributed by atoms with Crippen molar-refractivity contribution in [2.45, 2.75) is 31.5 Å². The van der Waals surface area contributed by atoms with Gasteiger partial charge in [-0.05, 0) is 37.1 Å². The molecular formula is C16H19N3O2. The topological polar surface area (TPSA) is 65.4 Å². The van der Waals surface area contributed by atoms with Gasteiger partial charge in [0.2, 0.25) is 5.91 Å². The molecule has 2 unspecified atom stereocenters. The molecule has 1 aromatic carbocycles. The number of carbonyl (C=O) groups excluding carboxylic acids is 1. The lowest BCUT2D eigenvalue weighted by molar-refractivity contribution is -0.117. The molecule has 0 saturated carbocycles. The highest BCUT2D eigenvalue weighted by atomic mass is 16.5. The van der Waals surface area contributed by atoms with E-state index in [9.17, 15) is 4.79 Å². The Hall–Kier alpha value is -1.90. The summed E-state index contributed by atoms with van der Waals surface area (Å²) in [5.74, 6) is 0.0125. The number of benzene rings is 1. The van der Waals surface area contributed by atoms with Crippen LogP contribution in [0, 0.1) is 11.3 Å². The molecule has 0 radical (unpaired) electrons. The lowest BCUT2D eigenvalue weighted by Gasteiger charge is -2.31. The second kappa shape index (κ2) is 6.25. The second-order valence-electron chi connectivity index (χ2n) is 5.70. The molecule has 5 heteroatoms. The minimum absolute atomic E-state index is 0.0125. The highest BCUT2D eigenvalue weighted by Crippen LogP contribution is 2.26. The van der Waals surface area contributed by atoms with E-state index in [0.29, 0.717) is 24.2 Å². The molecule has 2 saturated heterocycles. The molecule has 1 N–H and O–H groups in total. The minimum Gasteiger partial charge on any atom is -0.372 e. The SMILES string of the molecule is N#Cc1ccc(NC(=O)CCN2CC3CCC(C2)O3)cc1. The molecule has 3 rings (SSSR count). The van der Waals surface area contributed by atoms with Gasteiger partial charge in [0.05, 0.1) is 23.8 Å². The molecule has 2 bridgehead atoms. The number of amides is 1. The minimum atomic E-state index is 0.0125. The lowest BCUT2D eigenvalue weighted by Crippen LogP contribution is -2.43. The number of nitrogens with zero attached hydrogens (tertiary/aromatic N) is 2. The smallest absolute Gasteiger partial charge is 0.225 e. The standard InChI is InChI=1S/C16H19N3O2/c17-9-12-1-3-13(4-2-12)18-16(20)7-8-19-10-14-5-6-15(11-19)21-14/h1-4,14-15H,5-8,10-11H2,(H,18,20). The van der Waals surface area contributed by atoms with E-state index in [-0.39, 0.29) is 5.91 Å². The van der Waals surface area contributed by atoms with Crippen molar-refractivity contribution in [1.82, 2.24) is 4.90 Å². The number of nitriles is 1. The zero-order valence-electron chi connectivity index (χ0n) is 11.9. The number of fused-ring (bicyclic) bond motifs is 2. The maximum absolute atomic E-state index is 12.0. The molecule has 110 valence electrons. The fraction of sp³-hybridized carbons (Fsp3) is 0.500. The third-order valence-electron chi connectivity index (χ3n) is 4.07. The first-order valence-corrected chi connectivity index (χ1v) is 7.41. The molecule has 21 heavy (non-hydrogen) atoms. The Morgan fingerprint density at radius 3 is 2.57 bits per heavy atom. The van der Waals surface area contributed by atoms with E-state index in [4.69, 9.17) is 10.00 Å². The fourth-order valence-electron chi connectivity index (χ4n) is 2.99. The van der Waals surface area contributed by atoms with Gasteiger partial charge in [0.15, 0.2) is 0 Å². The normalized spacial score (nSPS) is 24.5. The van der Waals surface area contributed by atoms with Crippen molar-refractivity contribution in [3.63, 3.8) is 0 Å². The number of nitrogens with one attached hydrogen (secondary N) is 1. The number of hydrogen-bond acceptors (Lipinski definition) is 4. The Morgan fingerprint density at radius 2 is 1.95 bits per heavy atom. The van der Waals surface area contributed by atoms with Crippen LogP contribution in [0.2, 0.25) is 0 Å². The molecular weight excluding hydrogens is 266 g/mol. The number of likely N-dealkylation sites (tertiary alicyclic amines) is 1. The number of ether oxygens (including phenoxy) is 1. The summed E-state index contributed by atoms with van der Waals surface area (Å²) >= 11 is 0. The predicted octanol–water partition coefficient (Wildman–Crippen LogP) is 1.75. The molecule has 2 aliphatic rings. The van der Waals surface area contributed by atoms with Crippen LogP contribution in [0.3, 0.4) is 0 Å². The highest BCUT2D eigenvalue weighted by molar-refractivity contribution is 5.90. The van der Waals surface area contributed by atoms with Gasteiger partial charge < -0.3 is 10.1 Å². The summed E-state index contributed by atoms with van der Waals surface area (Å²) in [6, 6.07) is 8.98. The fourth-order valence-corrected chi connectivity index (χ4v) is 2.99. The molecule has 0 spiro atoms. The van der Waals surface area contributed by atoms with Gasteiger partial charge in [0.25, 0.3) is 0 Å². The first kappa shape index (κ1) is 14.1. The van der Waals surface area contributed by atoms with Crippen LogP contribution in [0.1, 0.15) is 24.8 Å². The second-order valence-corrected chi connectivity index (χ2v) is 5.70. The summed E-state index contributed by atoms with van der Waals surface area (Å²) in [6.45, 7) is 2.67. The molecule has 2 atom stereocenters. The van der Waals surface area contributed by atoms with Crippen molar-refractivity contribution in [2.24, 2.45) is 0 Å². The van der Waals surface area contributed by atoms with Crippen molar-refractivity contribution in [1.29, 1.82) is 5.26 Å². The maximum Gasteiger partial charge on any atom is 0.225 e. The van der Waals surface area contributed by atoms with Gasteiger partial charge in [0.1, 0.15) is 0 Å². The number of carbonyl (C=O) groups is 1. The van der Waals surface area contributed by atoms with Crippen molar-refractivity contribution in [3.8, 4) is 6.07 Å². The van der Waals surface area contributed by atoms with Crippen LogP contribution < -0.4 is 5.32 Å². The molecule has 0 aromatic heterocycles. The first-order chi connectivity index (χ1) is 10.2. The Labute approximate surface area is 124 Å². The van der Waals surface area contributed by atoms with Crippen LogP contribution in [-0.2, 0) is 9.53 Å². The van der Waals surface area contributed by atoms with Gasteiger partial charge in [-0.1, -0.05) is 0 Å². The number of rotatable bonds is 4. The van der Waals surface area contributed by atoms with E-state index in [1.807, 2.05) is 0 Å². The zero-order valence-corrected chi connectivity index (χ0v) is 11.9. The Kier molecular flexibility index (Phi) is 4.18. The number of anilines is 1. The molecule has 2 fully saturated rings. The quantitative estimate of drug-likeness (QED) is 0.915. The van der Waals surface area contributed by atoms with Crippen molar-refractivity contribution < 1.29 is 9.53 Å². The molecule has 1 amide bonds. The lowest BCUT2D eigenvalue weighted by atomic mass is 10.2. The van der Waals surface area contributed by atoms with Gasteiger partial charge in [0, 0.05) is 31.7 Å². The maximum atomic E-state index is 12.0. The number of morpholine rings is 1. The monoisotopic (exact) mass is 285 g/mol. The van der Waals surface area contributed by atoms with Crippen LogP contribution in [0.25, 0.3) is 0 Å². The summed E-state index contributed by atoms with van der Waals surface area (Å²) < 4.78 is 5.78. The summed E-state index contributed by atoms with van der Waals surface area (Å²) in [5, 5.41) is 11.6. The molecule has 0 aliphatic carbocycles. The van der Waals surface area contributed by atoms with Crippen LogP contribution in [-0.4, -0.2) is 42.6 Å². The zero-order chi connectivity index (χ0) is 14.7. The first-order valence-electron chi connectivity index (χ1n) is 7.41. The van der Waals surface area contributed by atoms with Gasteiger partial charge in [-0.15, -0.1) is 0 Å². The van der Waals surface area contributed by atoms with Crippen LogP contribution >= 0.6 is 0 Å². The van der Waals surface area contributed by atoms with Gasteiger partial charge in [-0.25, -0.2) is 0 Å². The van der Waals surface area contributed by atoms with E-state index in [2.05, 4.69) is 16.3 Å². The third-order valence-corrected chi connectivity index (χ3v) is 4.07. The molecule has 2 aliphatic heterocycles. The Balaban J connectivity index is 1.45. The highest BCUT2D eigenvalue weighted by Gasteiger charge is 2.33. The van der Waals surface area contributed by atoms with Crippen LogP contribution in [0.4, 0.5) is 5.69 Å². The average molecular weight is 285 g/mol. The van der Waals surface area contributed by atoms with Gasteiger partial charge >= 0.3 is 0 Å². The predicted molar refractivity (Wildman–Crippen MR) is 78.7 cm³/mol. The van der Waals surface area contributed by atoms with E-state index >= 15 is 0 Å².